The summed E-state index contributed by atoms with van der Waals surface area (Å²) in [5.41, 5.74) is 14.4. The van der Waals surface area contributed by atoms with E-state index in [-0.39, 0.29) is 15.9 Å². The van der Waals surface area contributed by atoms with Crippen LogP contribution in [-0.2, 0) is 0 Å². The summed E-state index contributed by atoms with van der Waals surface area (Å²) in [6.45, 7) is -0.753. The molecule has 3 unspecified atom stereocenters. The fraction of sp³-hybridized carbons (Fsp3) is 0.500. The fourth-order valence-electron chi connectivity index (χ4n) is 0.946. The highest BCUT2D eigenvalue weighted by Gasteiger charge is 2.27. The van der Waals surface area contributed by atoms with Crippen LogP contribution in [0.4, 0.5) is 0 Å². The number of nitrogens with one attached hydrogen (secondary N) is 2. The lowest BCUT2D eigenvalue weighted by Crippen LogP contribution is -2.45. The molecule has 0 spiro atoms. The first-order valence-electron chi connectivity index (χ1n) is 5.16. The molecule has 0 aromatic rings. The first-order chi connectivity index (χ1) is 9.29. The molecule has 0 aliphatic heterocycles. The van der Waals surface area contributed by atoms with Gasteiger partial charge in [-0.1, -0.05) is 0 Å². The van der Waals surface area contributed by atoms with Crippen LogP contribution in [0.15, 0.2) is 10.2 Å². The van der Waals surface area contributed by atoms with Crippen molar-refractivity contribution in [2.75, 3.05) is 6.61 Å². The van der Waals surface area contributed by atoms with Crippen LogP contribution in [0.3, 0.4) is 0 Å². The fourth-order valence-corrected chi connectivity index (χ4v) is 1.04. The maximum Gasteiger partial charge on any atom is 0.184 e. The molecule has 0 saturated carbocycles. The maximum absolute atomic E-state index is 9.80. The third kappa shape index (κ3) is 7.22. The highest BCUT2D eigenvalue weighted by atomic mass is 32.1. The molecule has 0 rings (SSSR count). The Bertz CT molecular complexity index is 404. The monoisotopic (exact) mass is 324 g/mol. The van der Waals surface area contributed by atoms with Gasteiger partial charge in [-0.25, -0.2) is 0 Å². The lowest BCUT2D eigenvalue weighted by Gasteiger charge is -2.21. The molecule has 0 fully saturated rings. The number of hydrazone groups is 2. The summed E-state index contributed by atoms with van der Waals surface area (Å²) in [5, 5.41) is 44.1. The highest BCUT2D eigenvalue weighted by Crippen LogP contribution is 2.01. The molecule has 0 aliphatic carbocycles. The molecule has 0 bridgehead atoms. The average Bonchev–Trinajstić information content (AvgIpc) is 2.39. The minimum Gasteiger partial charge on any atom is -0.394 e. The number of thiocarbonyl (C=S) groups is 2. The first kappa shape index (κ1) is 18.6. The van der Waals surface area contributed by atoms with Gasteiger partial charge in [0, 0.05) is 0 Å². The second kappa shape index (κ2) is 9.46. The van der Waals surface area contributed by atoms with Crippen LogP contribution in [0.1, 0.15) is 0 Å². The van der Waals surface area contributed by atoms with Crippen molar-refractivity contribution in [3.63, 3.8) is 0 Å². The summed E-state index contributed by atoms with van der Waals surface area (Å²) in [6.07, 6.45) is -3.97. The van der Waals surface area contributed by atoms with Crippen molar-refractivity contribution in [3.8, 4) is 0 Å². The van der Waals surface area contributed by atoms with Crippen LogP contribution in [0, 0.1) is 0 Å². The van der Waals surface area contributed by atoms with Crippen LogP contribution in [0.5, 0.6) is 0 Å². The number of nitrogens with two attached hydrogens (primary N) is 2. The van der Waals surface area contributed by atoms with Gasteiger partial charge in [0.1, 0.15) is 24.0 Å². The molecule has 0 aromatic carbocycles. The van der Waals surface area contributed by atoms with Gasteiger partial charge in [0.25, 0.3) is 0 Å². The largest absolute Gasteiger partial charge is 0.394 e. The molecule has 10 N–H and O–H groups in total. The van der Waals surface area contributed by atoms with E-state index in [0.29, 0.717) is 0 Å². The predicted molar refractivity (Wildman–Crippen MR) is 80.9 cm³/mol. The van der Waals surface area contributed by atoms with Crippen molar-refractivity contribution in [3.05, 3.63) is 0 Å². The molecule has 0 saturated heterocycles. The molecule has 20 heavy (non-hydrogen) atoms. The van der Waals surface area contributed by atoms with Gasteiger partial charge < -0.3 is 31.9 Å². The third-order valence-corrected chi connectivity index (χ3v) is 2.06. The first-order valence-corrected chi connectivity index (χ1v) is 5.97. The summed E-state index contributed by atoms with van der Waals surface area (Å²) in [6, 6.07) is 0. The molecule has 0 aromatic heterocycles. The second-order valence-corrected chi connectivity index (χ2v) is 4.31. The Labute approximate surface area is 125 Å². The molecule has 3 atom stereocenters. The van der Waals surface area contributed by atoms with Gasteiger partial charge in [-0.05, 0) is 24.4 Å². The standard InChI is InChI=1S/C8H16N6O4S2/c9-7(19)13-11-1-3(12-14-8(10)20)5(17)6(18)4(16)2-15/h1,4-6,15-18H,2H2,(H3,9,13,19)(H3,10,14,20)/b11-1+,12-3+. The SMILES string of the molecule is NC(=S)N/N=C/C(=N\NC(N)=S)C(O)C(O)C(O)CO. The van der Waals surface area contributed by atoms with E-state index in [0.717, 1.165) is 6.21 Å². The Morgan fingerprint density at radius 2 is 1.70 bits per heavy atom. The van der Waals surface area contributed by atoms with Crippen LogP contribution in [0.2, 0.25) is 0 Å². The summed E-state index contributed by atoms with van der Waals surface area (Å²) in [5.74, 6) is 0. The zero-order valence-electron chi connectivity index (χ0n) is 10.2. The van der Waals surface area contributed by atoms with E-state index in [4.69, 9.17) is 16.6 Å². The van der Waals surface area contributed by atoms with E-state index in [9.17, 15) is 15.3 Å². The van der Waals surface area contributed by atoms with Crippen molar-refractivity contribution in [1.29, 1.82) is 0 Å². The van der Waals surface area contributed by atoms with Crippen LogP contribution in [-0.4, -0.2) is 67.5 Å². The molecular weight excluding hydrogens is 308 g/mol. The molecule has 0 heterocycles. The summed E-state index contributed by atoms with van der Waals surface area (Å²) < 4.78 is 0. The van der Waals surface area contributed by atoms with Gasteiger partial charge in [0.2, 0.25) is 0 Å². The number of hydrogen-bond donors (Lipinski definition) is 8. The lowest BCUT2D eigenvalue weighted by molar-refractivity contribution is -0.0549. The average molecular weight is 324 g/mol. The van der Waals surface area contributed by atoms with Gasteiger partial charge in [-0.15, -0.1) is 0 Å². The lowest BCUT2D eigenvalue weighted by atomic mass is 10.0. The number of aliphatic hydroxyl groups is 4. The van der Waals surface area contributed by atoms with Gasteiger partial charge in [0.15, 0.2) is 10.2 Å². The van der Waals surface area contributed by atoms with Crippen molar-refractivity contribution in [1.82, 2.24) is 10.9 Å². The highest BCUT2D eigenvalue weighted by molar-refractivity contribution is 7.80. The van der Waals surface area contributed by atoms with E-state index in [1.165, 1.54) is 0 Å². The summed E-state index contributed by atoms with van der Waals surface area (Å²) >= 11 is 9.02. The van der Waals surface area contributed by atoms with E-state index in [1.54, 1.807) is 0 Å². The van der Waals surface area contributed by atoms with E-state index in [1.807, 2.05) is 0 Å². The van der Waals surface area contributed by atoms with Crippen LogP contribution >= 0.6 is 24.4 Å². The second-order valence-electron chi connectivity index (χ2n) is 3.43. The minimum absolute atomic E-state index is 0.131. The Balaban J connectivity index is 5.00. The number of hydrogen-bond acceptors (Lipinski definition) is 8. The van der Waals surface area contributed by atoms with Crippen molar-refractivity contribution < 1.29 is 20.4 Å². The Morgan fingerprint density at radius 3 is 2.15 bits per heavy atom. The van der Waals surface area contributed by atoms with E-state index in [2.05, 4.69) is 45.5 Å². The molecule has 114 valence electrons. The normalized spacial score (nSPS) is 16.5. The molecule has 10 nitrogen and oxygen atoms in total. The number of aliphatic hydroxyl groups excluding tert-OH is 4. The Hall–Kier alpha value is -1.44. The van der Waals surface area contributed by atoms with Crippen molar-refractivity contribution in [2.24, 2.45) is 21.7 Å². The van der Waals surface area contributed by atoms with Gasteiger partial charge >= 0.3 is 0 Å². The molecule has 0 radical (unpaired) electrons. The maximum atomic E-state index is 9.80. The Morgan fingerprint density at radius 1 is 1.15 bits per heavy atom. The minimum atomic E-state index is -1.71. The molecule has 12 heteroatoms. The molecular formula is C8H16N6O4S2. The molecule has 0 aliphatic rings. The topological polar surface area (TPSA) is 182 Å². The van der Waals surface area contributed by atoms with Gasteiger partial charge in [0.05, 0.1) is 12.8 Å². The van der Waals surface area contributed by atoms with E-state index >= 15 is 0 Å². The van der Waals surface area contributed by atoms with E-state index < -0.39 is 24.9 Å². The molecule has 0 amide bonds. The van der Waals surface area contributed by atoms with Gasteiger partial charge in [-0.3, -0.25) is 10.9 Å². The predicted octanol–water partition coefficient (Wildman–Crippen LogP) is -3.93. The van der Waals surface area contributed by atoms with Crippen molar-refractivity contribution >= 4 is 46.6 Å². The number of rotatable bonds is 7. The quantitative estimate of drug-likeness (QED) is 0.131. The zero-order valence-corrected chi connectivity index (χ0v) is 11.8. The summed E-state index contributed by atoms with van der Waals surface area (Å²) in [7, 11) is 0. The smallest absolute Gasteiger partial charge is 0.184 e. The van der Waals surface area contributed by atoms with Crippen LogP contribution in [0.25, 0.3) is 0 Å². The van der Waals surface area contributed by atoms with Crippen LogP contribution < -0.4 is 22.3 Å². The third-order valence-electron chi connectivity index (χ3n) is 1.87. The van der Waals surface area contributed by atoms with Gasteiger partial charge in [-0.2, -0.15) is 10.2 Å². The van der Waals surface area contributed by atoms with Crippen molar-refractivity contribution in [2.45, 2.75) is 18.3 Å². The Kier molecular flexibility index (Phi) is 8.78. The zero-order chi connectivity index (χ0) is 15.7. The number of nitrogens with zero attached hydrogens (tertiary/aromatic N) is 2. The summed E-state index contributed by atoms with van der Waals surface area (Å²) in [4.78, 5) is 0.